The Morgan fingerprint density at radius 3 is 2.32 bits per heavy atom. The van der Waals surface area contributed by atoms with E-state index in [4.69, 9.17) is 0 Å². The minimum atomic E-state index is -0.153. The first-order valence-corrected chi connectivity index (χ1v) is 7.68. The van der Waals surface area contributed by atoms with Crippen LogP contribution in [0.2, 0.25) is 0 Å². The highest BCUT2D eigenvalue weighted by molar-refractivity contribution is 5.19. The molecular formula is C17H26FN. The number of halogens is 1. The number of hydrogen-bond donors (Lipinski definition) is 1. The van der Waals surface area contributed by atoms with Crippen molar-refractivity contribution in [1.82, 2.24) is 5.32 Å². The minimum Gasteiger partial charge on any atom is -0.309 e. The second-order valence-corrected chi connectivity index (χ2v) is 5.95. The van der Waals surface area contributed by atoms with Crippen LogP contribution in [0.25, 0.3) is 0 Å². The highest BCUT2D eigenvalue weighted by Gasteiger charge is 2.32. The van der Waals surface area contributed by atoms with Gasteiger partial charge < -0.3 is 5.32 Å². The molecule has 1 saturated carbocycles. The summed E-state index contributed by atoms with van der Waals surface area (Å²) in [6.45, 7) is 5.60. The highest BCUT2D eigenvalue weighted by atomic mass is 19.1. The summed E-state index contributed by atoms with van der Waals surface area (Å²) >= 11 is 0. The molecule has 1 aromatic carbocycles. The van der Waals surface area contributed by atoms with Crippen LogP contribution in [-0.4, -0.2) is 6.54 Å². The Morgan fingerprint density at radius 1 is 1.16 bits per heavy atom. The van der Waals surface area contributed by atoms with E-state index in [0.717, 1.165) is 13.0 Å². The molecule has 0 heterocycles. The summed E-state index contributed by atoms with van der Waals surface area (Å²) in [5, 5.41) is 3.72. The Balaban J connectivity index is 1.97. The van der Waals surface area contributed by atoms with Gasteiger partial charge in [0.15, 0.2) is 0 Å². The average molecular weight is 263 g/mol. The summed E-state index contributed by atoms with van der Waals surface area (Å²) in [5.74, 6) is -0.153. The molecule has 0 saturated heterocycles. The van der Waals surface area contributed by atoms with E-state index >= 15 is 0 Å². The Labute approximate surface area is 116 Å². The van der Waals surface area contributed by atoms with Crippen LogP contribution in [-0.2, 0) is 0 Å². The smallest absolute Gasteiger partial charge is 0.123 e. The van der Waals surface area contributed by atoms with Gasteiger partial charge in [-0.3, -0.25) is 0 Å². The SMILES string of the molecule is CCC(NCC1(CC)CCCC1)c1ccc(F)cc1. The summed E-state index contributed by atoms with van der Waals surface area (Å²) < 4.78 is 13.0. The maximum absolute atomic E-state index is 13.0. The first-order valence-electron chi connectivity index (χ1n) is 7.68. The fraction of sp³-hybridized carbons (Fsp3) is 0.647. The van der Waals surface area contributed by atoms with E-state index < -0.39 is 0 Å². The third kappa shape index (κ3) is 3.56. The molecule has 1 unspecified atom stereocenters. The van der Waals surface area contributed by atoms with E-state index in [1.807, 2.05) is 12.1 Å². The third-order valence-electron chi connectivity index (χ3n) is 4.82. The first-order chi connectivity index (χ1) is 9.19. The van der Waals surface area contributed by atoms with Gasteiger partial charge in [-0.05, 0) is 48.8 Å². The molecular weight excluding hydrogens is 237 g/mol. The van der Waals surface area contributed by atoms with Gasteiger partial charge in [-0.2, -0.15) is 0 Å². The van der Waals surface area contributed by atoms with Crippen molar-refractivity contribution in [2.24, 2.45) is 5.41 Å². The lowest BCUT2D eigenvalue weighted by Gasteiger charge is -2.30. The Morgan fingerprint density at radius 2 is 1.79 bits per heavy atom. The third-order valence-corrected chi connectivity index (χ3v) is 4.82. The number of benzene rings is 1. The number of hydrogen-bond acceptors (Lipinski definition) is 1. The Hall–Kier alpha value is -0.890. The van der Waals surface area contributed by atoms with Crippen molar-refractivity contribution < 1.29 is 4.39 Å². The topological polar surface area (TPSA) is 12.0 Å². The molecule has 1 atom stereocenters. The maximum Gasteiger partial charge on any atom is 0.123 e. The normalized spacial score (nSPS) is 19.5. The van der Waals surface area contributed by atoms with Crippen LogP contribution in [0.1, 0.15) is 64.0 Å². The second-order valence-electron chi connectivity index (χ2n) is 5.95. The fourth-order valence-corrected chi connectivity index (χ4v) is 3.31. The quantitative estimate of drug-likeness (QED) is 0.774. The van der Waals surface area contributed by atoms with Gasteiger partial charge in [-0.15, -0.1) is 0 Å². The van der Waals surface area contributed by atoms with Gasteiger partial charge >= 0.3 is 0 Å². The van der Waals surface area contributed by atoms with Crippen molar-refractivity contribution in [3.63, 3.8) is 0 Å². The molecule has 0 radical (unpaired) electrons. The van der Waals surface area contributed by atoms with Gasteiger partial charge in [0.1, 0.15) is 5.82 Å². The summed E-state index contributed by atoms with van der Waals surface area (Å²) in [6.07, 6.45) is 7.78. The molecule has 0 aliphatic heterocycles. The molecule has 1 N–H and O–H groups in total. The van der Waals surface area contributed by atoms with Crippen molar-refractivity contribution in [2.75, 3.05) is 6.54 Å². The van der Waals surface area contributed by atoms with Gasteiger partial charge in [0.05, 0.1) is 0 Å². The van der Waals surface area contributed by atoms with Crippen LogP contribution in [0, 0.1) is 11.2 Å². The van der Waals surface area contributed by atoms with Crippen molar-refractivity contribution in [3.8, 4) is 0 Å². The van der Waals surface area contributed by atoms with Crippen LogP contribution in [0.4, 0.5) is 4.39 Å². The van der Waals surface area contributed by atoms with E-state index in [1.54, 1.807) is 12.1 Å². The highest BCUT2D eigenvalue weighted by Crippen LogP contribution is 2.40. The van der Waals surface area contributed by atoms with Crippen LogP contribution >= 0.6 is 0 Å². The minimum absolute atomic E-state index is 0.153. The Bertz CT molecular complexity index is 379. The lowest BCUT2D eigenvalue weighted by molar-refractivity contribution is 0.254. The molecule has 19 heavy (non-hydrogen) atoms. The van der Waals surface area contributed by atoms with E-state index in [1.165, 1.54) is 37.7 Å². The van der Waals surface area contributed by atoms with Crippen molar-refractivity contribution in [2.45, 2.75) is 58.4 Å². The first kappa shape index (κ1) is 14.5. The van der Waals surface area contributed by atoms with Crippen LogP contribution < -0.4 is 5.32 Å². The second kappa shape index (κ2) is 6.51. The lowest BCUT2D eigenvalue weighted by atomic mass is 9.83. The van der Waals surface area contributed by atoms with E-state index in [2.05, 4.69) is 19.2 Å². The molecule has 0 spiro atoms. The summed E-state index contributed by atoms with van der Waals surface area (Å²) in [5.41, 5.74) is 1.71. The summed E-state index contributed by atoms with van der Waals surface area (Å²) in [7, 11) is 0. The van der Waals surface area contributed by atoms with E-state index in [0.29, 0.717) is 11.5 Å². The van der Waals surface area contributed by atoms with Crippen LogP contribution in [0.5, 0.6) is 0 Å². The van der Waals surface area contributed by atoms with E-state index in [9.17, 15) is 4.39 Å². The molecule has 106 valence electrons. The predicted molar refractivity (Wildman–Crippen MR) is 78.6 cm³/mol. The fourth-order valence-electron chi connectivity index (χ4n) is 3.31. The molecule has 2 rings (SSSR count). The molecule has 0 amide bonds. The predicted octanol–water partition coefficient (Wildman–Crippen LogP) is 4.84. The van der Waals surface area contributed by atoms with Crippen LogP contribution in [0.3, 0.4) is 0 Å². The van der Waals surface area contributed by atoms with E-state index in [-0.39, 0.29) is 5.82 Å². The Kier molecular flexibility index (Phi) is 4.98. The standard InChI is InChI=1S/C17H26FN/c1-3-16(14-7-9-15(18)10-8-14)19-13-17(4-2)11-5-6-12-17/h7-10,16,19H,3-6,11-13H2,1-2H3. The molecule has 0 aromatic heterocycles. The van der Waals surface area contributed by atoms with Crippen molar-refractivity contribution in [3.05, 3.63) is 35.6 Å². The molecule has 1 aliphatic carbocycles. The van der Waals surface area contributed by atoms with Gasteiger partial charge in [-0.25, -0.2) is 4.39 Å². The van der Waals surface area contributed by atoms with Gasteiger partial charge in [0, 0.05) is 12.6 Å². The zero-order valence-electron chi connectivity index (χ0n) is 12.2. The monoisotopic (exact) mass is 263 g/mol. The van der Waals surface area contributed by atoms with Gasteiger partial charge in [0.2, 0.25) is 0 Å². The molecule has 2 heteroatoms. The molecule has 0 bridgehead atoms. The van der Waals surface area contributed by atoms with Crippen molar-refractivity contribution in [1.29, 1.82) is 0 Å². The summed E-state index contributed by atoms with van der Waals surface area (Å²) in [4.78, 5) is 0. The average Bonchev–Trinajstić information content (AvgIpc) is 2.91. The number of rotatable bonds is 6. The molecule has 1 fully saturated rings. The number of nitrogens with one attached hydrogen (secondary N) is 1. The van der Waals surface area contributed by atoms with Crippen LogP contribution in [0.15, 0.2) is 24.3 Å². The zero-order valence-corrected chi connectivity index (χ0v) is 12.2. The largest absolute Gasteiger partial charge is 0.309 e. The molecule has 1 aliphatic rings. The molecule has 1 aromatic rings. The van der Waals surface area contributed by atoms with Gasteiger partial charge in [0.25, 0.3) is 0 Å². The lowest BCUT2D eigenvalue weighted by Crippen LogP contribution is -2.34. The zero-order chi connectivity index (χ0) is 13.7. The summed E-state index contributed by atoms with van der Waals surface area (Å²) in [6, 6.07) is 7.29. The molecule has 1 nitrogen and oxygen atoms in total. The maximum atomic E-state index is 13.0. The van der Waals surface area contributed by atoms with Gasteiger partial charge in [-0.1, -0.05) is 38.8 Å². The van der Waals surface area contributed by atoms with Crippen molar-refractivity contribution >= 4 is 0 Å².